The van der Waals surface area contributed by atoms with Crippen LogP contribution in [0.3, 0.4) is 0 Å². The van der Waals surface area contributed by atoms with Crippen LogP contribution in [0.1, 0.15) is 11.3 Å². The van der Waals surface area contributed by atoms with E-state index in [9.17, 15) is 9.59 Å². The van der Waals surface area contributed by atoms with Crippen molar-refractivity contribution in [3.05, 3.63) is 76.3 Å². The van der Waals surface area contributed by atoms with E-state index < -0.39 is 0 Å². The van der Waals surface area contributed by atoms with Crippen LogP contribution < -0.4 is 10.9 Å². The summed E-state index contributed by atoms with van der Waals surface area (Å²) in [6.45, 7) is 0.274. The van der Waals surface area contributed by atoms with Crippen LogP contribution in [0.25, 0.3) is 21.7 Å². The fourth-order valence-electron chi connectivity index (χ4n) is 3.20. The van der Waals surface area contributed by atoms with Crippen LogP contribution in [0.4, 0.5) is 0 Å². The van der Waals surface area contributed by atoms with Gasteiger partial charge in [0, 0.05) is 29.5 Å². The molecule has 0 atom stereocenters. The number of fused-ring (bicyclic) bond motifs is 2. The predicted molar refractivity (Wildman–Crippen MR) is 101 cm³/mol. The maximum Gasteiger partial charge on any atom is 0.274 e. The van der Waals surface area contributed by atoms with Gasteiger partial charge in [-0.2, -0.15) is 5.10 Å². The van der Waals surface area contributed by atoms with Crippen LogP contribution in [0, 0.1) is 0 Å². The zero-order valence-corrected chi connectivity index (χ0v) is 14.3. The van der Waals surface area contributed by atoms with Crippen LogP contribution in [0.2, 0.25) is 0 Å². The van der Waals surface area contributed by atoms with E-state index in [0.717, 1.165) is 21.9 Å². The van der Waals surface area contributed by atoms with Crippen LogP contribution in [-0.4, -0.2) is 20.7 Å². The van der Waals surface area contributed by atoms with Crippen molar-refractivity contribution in [2.45, 2.75) is 13.0 Å². The van der Waals surface area contributed by atoms with Crippen LogP contribution in [0.15, 0.2) is 59.5 Å². The first-order valence-electron chi connectivity index (χ1n) is 8.40. The highest BCUT2D eigenvalue weighted by Gasteiger charge is 2.11. The van der Waals surface area contributed by atoms with Gasteiger partial charge < -0.3 is 10.3 Å². The van der Waals surface area contributed by atoms with Gasteiger partial charge >= 0.3 is 0 Å². The minimum Gasteiger partial charge on any atom is -0.361 e. The minimum absolute atomic E-state index is 0.0884. The number of aromatic amines is 1. The lowest BCUT2D eigenvalue weighted by atomic mass is 10.1. The molecule has 130 valence electrons. The first-order chi connectivity index (χ1) is 12.6. The Bertz CT molecular complexity index is 1170. The molecule has 0 aliphatic carbocycles. The molecule has 2 heterocycles. The number of carbonyl (C=O) groups excluding carboxylic acids is 1. The third kappa shape index (κ3) is 2.86. The molecule has 2 aromatic heterocycles. The van der Waals surface area contributed by atoms with Crippen molar-refractivity contribution in [1.82, 2.24) is 20.1 Å². The van der Waals surface area contributed by atoms with Crippen LogP contribution >= 0.6 is 0 Å². The number of nitrogens with one attached hydrogen (secondary N) is 2. The molecular weight excluding hydrogens is 328 g/mol. The molecule has 6 nitrogen and oxygen atoms in total. The second-order valence-corrected chi connectivity index (χ2v) is 6.23. The Hall–Kier alpha value is -3.41. The normalized spacial score (nSPS) is 11.1. The molecule has 0 saturated heterocycles. The van der Waals surface area contributed by atoms with Crippen molar-refractivity contribution in [3.63, 3.8) is 0 Å². The Balaban J connectivity index is 1.54. The Kier molecular flexibility index (Phi) is 4.01. The lowest BCUT2D eigenvalue weighted by Gasteiger charge is -2.09. The number of carbonyl (C=O) groups is 1. The molecule has 0 bridgehead atoms. The third-order valence-corrected chi connectivity index (χ3v) is 4.51. The molecule has 0 aliphatic heterocycles. The average Bonchev–Trinajstić information content (AvgIpc) is 3.06. The molecule has 4 aromatic rings. The smallest absolute Gasteiger partial charge is 0.274 e. The lowest BCUT2D eigenvalue weighted by molar-refractivity contribution is -0.120. The van der Waals surface area contributed by atoms with Gasteiger partial charge in [0.05, 0.1) is 24.0 Å². The monoisotopic (exact) mass is 346 g/mol. The van der Waals surface area contributed by atoms with Crippen molar-refractivity contribution in [1.29, 1.82) is 0 Å². The number of nitrogens with zero attached hydrogens (tertiary/aromatic N) is 2. The number of hydrogen-bond acceptors (Lipinski definition) is 3. The second kappa shape index (κ2) is 6.48. The number of aryl methyl sites for hydroxylation is 1. The number of aromatic nitrogens is 3. The molecule has 0 saturated carbocycles. The first-order valence-corrected chi connectivity index (χ1v) is 8.40. The Morgan fingerprint density at radius 2 is 1.77 bits per heavy atom. The third-order valence-electron chi connectivity index (χ3n) is 4.51. The summed E-state index contributed by atoms with van der Waals surface area (Å²) < 4.78 is 1.31. The lowest BCUT2D eigenvalue weighted by Crippen LogP contribution is -2.28. The molecule has 26 heavy (non-hydrogen) atoms. The molecule has 6 heteroatoms. The van der Waals surface area contributed by atoms with E-state index in [0.29, 0.717) is 11.1 Å². The molecule has 0 spiro atoms. The summed E-state index contributed by atoms with van der Waals surface area (Å²) in [7, 11) is 1.62. The Morgan fingerprint density at radius 1 is 1.08 bits per heavy atom. The van der Waals surface area contributed by atoms with Gasteiger partial charge in [0.25, 0.3) is 5.56 Å². The number of hydrogen-bond donors (Lipinski definition) is 2. The number of H-pyrrole nitrogens is 1. The summed E-state index contributed by atoms with van der Waals surface area (Å²) in [6, 6.07) is 15.2. The number of amides is 1. The molecule has 0 aliphatic rings. The molecule has 2 N–H and O–H groups in total. The molecule has 4 rings (SSSR count). The van der Waals surface area contributed by atoms with Gasteiger partial charge in [-0.3, -0.25) is 9.59 Å². The maximum atomic E-state index is 12.4. The van der Waals surface area contributed by atoms with Gasteiger partial charge in [-0.1, -0.05) is 36.4 Å². The summed E-state index contributed by atoms with van der Waals surface area (Å²) in [5.74, 6) is -0.0884. The Labute approximate surface area is 149 Å². The second-order valence-electron chi connectivity index (χ2n) is 6.23. The number of para-hydroxylation sites is 1. The fraction of sp³-hybridized carbons (Fsp3) is 0.150. The summed E-state index contributed by atoms with van der Waals surface area (Å²) in [5, 5.41) is 9.63. The first kappa shape index (κ1) is 16.1. The summed E-state index contributed by atoms with van der Waals surface area (Å²) in [5.41, 5.74) is 2.50. The largest absolute Gasteiger partial charge is 0.361 e. The molecular formula is C20H18N4O2. The molecule has 0 unspecified atom stereocenters. The van der Waals surface area contributed by atoms with E-state index in [4.69, 9.17) is 0 Å². The number of benzene rings is 2. The zero-order valence-electron chi connectivity index (χ0n) is 14.3. The minimum atomic E-state index is -0.144. The summed E-state index contributed by atoms with van der Waals surface area (Å²) >= 11 is 0. The zero-order chi connectivity index (χ0) is 18.1. The standard InChI is InChI=1S/C20H18N4O2/c1-24-20(26)16-8-3-2-7-15(16)18(23-24)12-22-19(25)10-13-11-21-17-9-5-4-6-14(13)17/h2-9,11,21H,10,12H2,1H3,(H,22,25). The van der Waals surface area contributed by atoms with Gasteiger partial charge in [0.1, 0.15) is 0 Å². The van der Waals surface area contributed by atoms with Gasteiger partial charge in [0.2, 0.25) is 5.91 Å². The van der Waals surface area contributed by atoms with Gasteiger partial charge in [0.15, 0.2) is 0 Å². The van der Waals surface area contributed by atoms with E-state index in [2.05, 4.69) is 15.4 Å². The van der Waals surface area contributed by atoms with Crippen LogP contribution in [0.5, 0.6) is 0 Å². The number of rotatable bonds is 4. The topological polar surface area (TPSA) is 79.8 Å². The highest BCUT2D eigenvalue weighted by atomic mass is 16.1. The van der Waals surface area contributed by atoms with Crippen molar-refractivity contribution in [2.24, 2.45) is 7.05 Å². The average molecular weight is 346 g/mol. The highest BCUT2D eigenvalue weighted by Crippen LogP contribution is 2.18. The Morgan fingerprint density at radius 3 is 2.58 bits per heavy atom. The molecule has 2 aromatic carbocycles. The van der Waals surface area contributed by atoms with Gasteiger partial charge in [-0.05, 0) is 17.7 Å². The van der Waals surface area contributed by atoms with Crippen LogP contribution in [-0.2, 0) is 24.8 Å². The van der Waals surface area contributed by atoms with E-state index in [-0.39, 0.29) is 24.4 Å². The van der Waals surface area contributed by atoms with E-state index >= 15 is 0 Å². The summed E-state index contributed by atoms with van der Waals surface area (Å²) in [4.78, 5) is 27.7. The van der Waals surface area contributed by atoms with Gasteiger partial charge in [-0.25, -0.2) is 4.68 Å². The van der Waals surface area contributed by atoms with E-state index in [1.165, 1.54) is 4.68 Å². The SMILES string of the molecule is Cn1nc(CNC(=O)Cc2c[nH]c3ccccc23)c2ccccc2c1=O. The highest BCUT2D eigenvalue weighted by molar-refractivity contribution is 5.89. The molecule has 0 fully saturated rings. The fourth-order valence-corrected chi connectivity index (χ4v) is 3.20. The van der Waals surface area contributed by atoms with Gasteiger partial charge in [-0.15, -0.1) is 0 Å². The molecule has 1 amide bonds. The van der Waals surface area contributed by atoms with Crippen molar-refractivity contribution < 1.29 is 4.79 Å². The van der Waals surface area contributed by atoms with Crippen molar-refractivity contribution in [2.75, 3.05) is 0 Å². The van der Waals surface area contributed by atoms with Crippen molar-refractivity contribution >= 4 is 27.6 Å². The summed E-state index contributed by atoms with van der Waals surface area (Å²) in [6.07, 6.45) is 2.15. The maximum absolute atomic E-state index is 12.4. The van der Waals surface area contributed by atoms with Crippen molar-refractivity contribution in [3.8, 4) is 0 Å². The predicted octanol–water partition coefficient (Wildman–Crippen LogP) is 2.27. The van der Waals surface area contributed by atoms with E-state index in [1.807, 2.05) is 48.7 Å². The van der Waals surface area contributed by atoms with E-state index in [1.54, 1.807) is 13.1 Å². The quantitative estimate of drug-likeness (QED) is 0.595. The molecule has 0 radical (unpaired) electrons.